The molecule has 2 aromatic carbocycles. The highest BCUT2D eigenvalue weighted by molar-refractivity contribution is 7.14. The molecule has 7 aromatic heterocycles. The van der Waals surface area contributed by atoms with E-state index in [0.717, 1.165) is 56.7 Å². The van der Waals surface area contributed by atoms with Crippen LogP contribution in [-0.2, 0) is 62.6 Å². The minimum atomic E-state index is -1.92. The fraction of sp³-hybridized carbons (Fsp3) is 0.353. The molecular formula is C68H68N14O19S5. The Morgan fingerprint density at radius 1 is 0.802 bits per heavy atom. The second-order valence-electron chi connectivity index (χ2n) is 25.6. The first-order valence-electron chi connectivity index (χ1n) is 32.7. The lowest BCUT2D eigenvalue weighted by molar-refractivity contribution is -0.280. The molecule has 11 heterocycles. The minimum Gasteiger partial charge on any atom is -0.508 e. The Labute approximate surface area is 621 Å². The Hall–Kier alpha value is -10.3. The van der Waals surface area contributed by atoms with E-state index in [0.29, 0.717) is 15.9 Å². The van der Waals surface area contributed by atoms with Crippen molar-refractivity contribution < 1.29 is 92.4 Å². The zero-order valence-electron chi connectivity index (χ0n) is 57.4. The SMILES string of the molecule is CO/C(C)=C1/NC(=O)[C@H]([C@@H](C)O)NC(=O)c2csc(n2)-c2cc(O)c(-c3nc(C(=O)N[C@@H](C)C(=O)NCc4ccc(O)cc4)cs3)nc2-c2csc(n2)[C@@H]2COC(=O)c3c4c5c(cccc5n3O)COC(=O)[C@@H](O[C@H]3C[C@](C)(O)[C@H](N(C)C)[C@H](C)O3)[C@@H](OC4)[C@H](NC(=O)c3csc1n3)c1nc(cs1)C(=O)N2. The van der Waals surface area contributed by atoms with E-state index in [-0.39, 0.29) is 117 Å². The summed E-state index contributed by atoms with van der Waals surface area (Å²) in [7, 11) is 4.84. The van der Waals surface area contributed by atoms with Gasteiger partial charge in [0.25, 0.3) is 23.6 Å². The molecule has 0 aliphatic carbocycles. The van der Waals surface area contributed by atoms with Gasteiger partial charge < -0.3 is 90.9 Å². The molecule has 1 fully saturated rings. The number of allylic oxidation sites excluding steroid dienone is 1. The second-order valence-corrected chi connectivity index (χ2v) is 30.0. The van der Waals surface area contributed by atoms with Crippen LogP contribution in [0.25, 0.3) is 49.3 Å². The number of carbonyl (C=O) groups excluding carboxylic acids is 8. The van der Waals surface area contributed by atoms with Crippen molar-refractivity contribution in [2.75, 3.05) is 27.8 Å². The number of benzene rings is 2. The fourth-order valence-corrected chi connectivity index (χ4v) is 16.9. The maximum atomic E-state index is 15.2. The van der Waals surface area contributed by atoms with Gasteiger partial charge in [0, 0.05) is 56.4 Å². The number of likely N-dealkylation sites (N-methyl/N-ethyl adjacent to an activating group) is 1. The number of carbonyl (C=O) groups is 8. The van der Waals surface area contributed by atoms with Gasteiger partial charge >= 0.3 is 11.9 Å². The summed E-state index contributed by atoms with van der Waals surface area (Å²) in [6.45, 7) is 5.80. The number of thiazole rings is 5. The summed E-state index contributed by atoms with van der Waals surface area (Å²) in [6, 6.07) is 5.77. The number of phenolic OH excluding ortho intramolecular Hbond substituents is 1. The van der Waals surface area contributed by atoms with E-state index >= 15 is 19.2 Å². The Kier molecular flexibility index (Phi) is 21.2. The van der Waals surface area contributed by atoms with Crippen molar-refractivity contribution >= 4 is 121 Å². The highest BCUT2D eigenvalue weighted by Crippen LogP contribution is 2.43. The molecule has 0 radical (unpaired) electrons. The Morgan fingerprint density at radius 3 is 2.20 bits per heavy atom. The zero-order chi connectivity index (χ0) is 75.3. The molecule has 4 aliphatic rings. The highest BCUT2D eigenvalue weighted by atomic mass is 32.1. The number of ether oxygens (including phenoxy) is 6. The van der Waals surface area contributed by atoms with Gasteiger partial charge in [-0.1, -0.05) is 24.3 Å². The first kappa shape index (κ1) is 74.0. The predicted octanol–water partition coefficient (Wildman–Crippen LogP) is 5.30. The lowest BCUT2D eigenvalue weighted by atomic mass is 9.85. The number of cyclic esters (lactones) is 2. The number of aromatic nitrogens is 7. The molecule has 9 aromatic rings. The van der Waals surface area contributed by atoms with E-state index in [2.05, 4.69) is 46.9 Å². The molecule has 4 aliphatic heterocycles. The monoisotopic (exact) mass is 1540 g/mol. The van der Waals surface area contributed by atoms with Gasteiger partial charge in [0.15, 0.2) is 18.1 Å². The number of phenols is 1. The molecule has 0 saturated carbocycles. The van der Waals surface area contributed by atoms with Crippen LogP contribution in [0.2, 0.25) is 0 Å². The maximum Gasteiger partial charge on any atom is 0.358 e. The van der Waals surface area contributed by atoms with Crippen LogP contribution < -0.4 is 31.9 Å². The smallest absolute Gasteiger partial charge is 0.358 e. The average molecular weight is 1550 g/mol. The Balaban J connectivity index is 0.942. The molecular weight excluding hydrogens is 1480 g/mol. The second kappa shape index (κ2) is 30.3. The Bertz CT molecular complexity index is 4980. The number of hydrogen-bond acceptors (Lipinski definition) is 31. The number of aliphatic hydroxyl groups is 2. The van der Waals surface area contributed by atoms with E-state index in [1.54, 1.807) is 57.1 Å². The lowest BCUT2D eigenvalue weighted by Gasteiger charge is -2.48. The predicted molar refractivity (Wildman–Crippen MR) is 381 cm³/mol. The number of amides is 6. The zero-order valence-corrected chi connectivity index (χ0v) is 61.5. The average Bonchev–Trinajstić information content (AvgIpc) is 1.57. The third-order valence-electron chi connectivity index (χ3n) is 17.9. The van der Waals surface area contributed by atoms with E-state index < -0.39 is 145 Å². The lowest BCUT2D eigenvalue weighted by Crippen LogP contribution is -2.62. The summed E-state index contributed by atoms with van der Waals surface area (Å²) in [5.74, 6) is -7.64. The first-order chi connectivity index (χ1) is 50.6. The van der Waals surface area contributed by atoms with E-state index in [1.807, 2.05) is 0 Å². The van der Waals surface area contributed by atoms with Crippen molar-refractivity contribution in [3.63, 3.8) is 0 Å². The Morgan fingerprint density at radius 2 is 1.47 bits per heavy atom. The van der Waals surface area contributed by atoms with Crippen LogP contribution in [0.15, 0.2) is 81.2 Å². The molecule has 0 spiro atoms. The maximum absolute atomic E-state index is 15.2. The summed E-state index contributed by atoms with van der Waals surface area (Å²) in [5, 5.41) is 80.6. The molecule has 12 bridgehead atoms. The van der Waals surface area contributed by atoms with Gasteiger partial charge in [-0.2, -0.15) is 4.73 Å². The number of hydrogen-bond donors (Lipinski definition) is 11. The molecule has 11 atom stereocenters. The molecule has 6 amide bonds. The van der Waals surface area contributed by atoms with Crippen LogP contribution in [0.1, 0.15) is 137 Å². The first-order valence-corrected chi connectivity index (χ1v) is 37.1. The molecule has 38 heteroatoms. The number of fused-ring (bicyclic) bond motifs is 15. The number of aliphatic hydroxyl groups excluding tert-OH is 1. The van der Waals surface area contributed by atoms with Gasteiger partial charge in [-0.05, 0) is 84.1 Å². The van der Waals surface area contributed by atoms with Crippen molar-refractivity contribution in [3.8, 4) is 44.2 Å². The van der Waals surface area contributed by atoms with Crippen LogP contribution in [-0.4, -0.2) is 195 Å². The number of nitrogens with one attached hydrogen (secondary N) is 6. The van der Waals surface area contributed by atoms with Crippen molar-refractivity contribution in [1.82, 2.24) is 71.4 Å². The van der Waals surface area contributed by atoms with Crippen LogP contribution in [0.5, 0.6) is 11.5 Å². The van der Waals surface area contributed by atoms with Gasteiger partial charge in [0.05, 0.1) is 43.1 Å². The number of aromatic hydroxyl groups is 2. The molecule has 106 heavy (non-hydrogen) atoms. The quantitative estimate of drug-likeness (QED) is 0.0444. The van der Waals surface area contributed by atoms with E-state index in [1.165, 1.54) is 79.0 Å². The normalized spacial score (nSPS) is 23.4. The number of esters is 2. The number of rotatable bonds is 11. The standard InChI is InChI=1S/C68H68N14O19S5/c1-27(55(86)69-18-31-12-14-33(84)15-13-31)70-56(87)38-24-105-64(75-38)49-43(85)16-34-48(77-49)37-22-103-62(72-37)36-21-99-66(92)51-35-20-97-52(53(101-44-17-68(5,94)54(81(6)7)30(4)100-44)67(93)98-19-32-10-9-11-42(45(32)35)82(51)95)50(65-76-39(25-106-65)57(88)71-36)80-59(90)41-26-104-63(74-41)47(29(3)96-8)79-60(91)46(28(2)83)78-58(89)40-23-102-61(34)73-40/h9-16,22-28,30,36,44,46,50,52-54,83-85,94-95H,17-21H2,1-8H3,(H,69,86)(H,70,87)(H,71,88)(H,78,89)(H,79,91)(H,80,90)/b47-29+/t27-,28+,30-,36-,44-,46-,50-,52-,53-,54+,68-/m0/s1. The molecule has 554 valence electrons. The minimum absolute atomic E-state index is 0.00825. The third kappa shape index (κ3) is 15.0. The summed E-state index contributed by atoms with van der Waals surface area (Å²) in [6.07, 6.45) is -7.59. The summed E-state index contributed by atoms with van der Waals surface area (Å²) in [4.78, 5) is 146. The molecule has 33 nitrogen and oxygen atoms in total. The summed E-state index contributed by atoms with van der Waals surface area (Å²) in [5.41, 5.74) is -2.10. The summed E-state index contributed by atoms with van der Waals surface area (Å²) < 4.78 is 38.3. The van der Waals surface area contributed by atoms with Crippen molar-refractivity contribution in [2.24, 2.45) is 0 Å². The largest absolute Gasteiger partial charge is 0.508 e. The molecule has 1 saturated heterocycles. The van der Waals surface area contributed by atoms with E-state index in [9.17, 15) is 44.8 Å². The van der Waals surface area contributed by atoms with E-state index in [4.69, 9.17) is 43.4 Å². The van der Waals surface area contributed by atoms with Gasteiger partial charge in [0.2, 0.25) is 11.8 Å². The number of methoxy groups -OCH3 is 1. The van der Waals surface area contributed by atoms with Gasteiger partial charge in [0.1, 0.15) is 131 Å². The van der Waals surface area contributed by atoms with Crippen LogP contribution >= 0.6 is 56.7 Å². The molecule has 11 N–H and O–H groups in total. The molecule has 13 rings (SSSR count). The number of pyridine rings is 1. The van der Waals surface area contributed by atoms with Gasteiger partial charge in [-0.3, -0.25) is 28.8 Å². The third-order valence-corrected chi connectivity index (χ3v) is 22.4. The fourth-order valence-electron chi connectivity index (χ4n) is 12.8. The van der Waals surface area contributed by atoms with Crippen molar-refractivity contribution in [1.29, 1.82) is 0 Å². The summed E-state index contributed by atoms with van der Waals surface area (Å²) >= 11 is 4.51. The van der Waals surface area contributed by atoms with Crippen molar-refractivity contribution in [2.45, 2.75) is 127 Å². The van der Waals surface area contributed by atoms with Crippen LogP contribution in [0.4, 0.5) is 0 Å². The topological polar surface area (TPSA) is 451 Å². The van der Waals surface area contributed by atoms with Gasteiger partial charge in [-0.15, -0.1) is 56.7 Å². The number of nitrogens with zero attached hydrogens (tertiary/aromatic N) is 8. The van der Waals surface area contributed by atoms with Crippen molar-refractivity contribution in [3.05, 3.63) is 141 Å². The molecule has 0 unspecified atom stereocenters. The van der Waals surface area contributed by atoms with Crippen LogP contribution in [0, 0.1) is 0 Å². The van der Waals surface area contributed by atoms with Crippen LogP contribution in [0.3, 0.4) is 0 Å². The van der Waals surface area contributed by atoms with Gasteiger partial charge in [-0.25, -0.2) is 39.5 Å². The highest BCUT2D eigenvalue weighted by Gasteiger charge is 2.50.